The Morgan fingerprint density at radius 3 is 1.55 bits per heavy atom. The van der Waals surface area contributed by atoms with Crippen LogP contribution < -0.4 is 0 Å². The first-order valence-corrected chi connectivity index (χ1v) is 15.6. The topological polar surface area (TPSA) is 83.5 Å². The molecule has 7 heteroatoms. The van der Waals surface area contributed by atoms with Crippen molar-refractivity contribution in [2.75, 3.05) is 31.8 Å². The summed E-state index contributed by atoms with van der Waals surface area (Å²) < 4.78 is 36.5. The molecule has 0 N–H and O–H groups in total. The third kappa shape index (κ3) is 12.0. The largest absolute Gasteiger partial charge is 0.744 e. The van der Waals surface area contributed by atoms with Gasteiger partial charge in [0.25, 0.3) is 0 Å². The molecule has 0 radical (unpaired) electrons. The summed E-state index contributed by atoms with van der Waals surface area (Å²) in [5.41, 5.74) is -0.245. The van der Waals surface area contributed by atoms with Gasteiger partial charge >= 0.3 is 5.97 Å². The quantitative estimate of drug-likeness (QED) is 0.173. The molecule has 0 atom stereocenters. The second kappa shape index (κ2) is 16.6. The summed E-state index contributed by atoms with van der Waals surface area (Å²) in [4.78, 5) is 10.5. The van der Waals surface area contributed by atoms with Gasteiger partial charge in [0.15, 0.2) is 0 Å². The van der Waals surface area contributed by atoms with Crippen molar-refractivity contribution in [3.05, 3.63) is 29.8 Å². The first-order valence-electron chi connectivity index (χ1n) is 11.7. The van der Waals surface area contributed by atoms with E-state index in [-0.39, 0.29) is 5.56 Å². The van der Waals surface area contributed by atoms with Crippen LogP contribution in [0.4, 0.5) is 0 Å². The Balaban J connectivity index is 0.000000590. The Kier molecular flexibility index (Phi) is 16.1. The Bertz CT molecular complexity index is 681. The minimum Gasteiger partial charge on any atom is -0.744 e. The van der Waals surface area contributed by atoms with E-state index in [0.717, 1.165) is 13.2 Å². The van der Waals surface area contributed by atoms with Gasteiger partial charge in [-0.15, -0.1) is 0 Å². The molecule has 0 saturated carbocycles. The van der Waals surface area contributed by atoms with Crippen LogP contribution >= 0.6 is 7.26 Å². The lowest BCUT2D eigenvalue weighted by molar-refractivity contribution is 0.0596. The fraction of sp³-hybridized carbons (Fsp3) is 0.708. The van der Waals surface area contributed by atoms with Gasteiger partial charge in [0, 0.05) is 7.26 Å². The van der Waals surface area contributed by atoms with Crippen LogP contribution in [0, 0.1) is 0 Å². The Morgan fingerprint density at radius 1 is 0.839 bits per heavy atom. The second-order valence-corrected chi connectivity index (χ2v) is 13.9. The van der Waals surface area contributed by atoms with E-state index in [1.807, 2.05) is 0 Å². The molecular formula is C24H43O5PS. The zero-order valence-corrected chi connectivity index (χ0v) is 21.9. The smallest absolute Gasteiger partial charge is 0.339 e. The zero-order valence-electron chi connectivity index (χ0n) is 20.2. The van der Waals surface area contributed by atoms with Crippen molar-refractivity contribution in [1.29, 1.82) is 0 Å². The van der Waals surface area contributed by atoms with Crippen molar-refractivity contribution in [2.45, 2.75) is 84.0 Å². The first-order chi connectivity index (χ1) is 14.7. The van der Waals surface area contributed by atoms with Crippen LogP contribution in [0.25, 0.3) is 0 Å². The average Bonchev–Trinajstić information content (AvgIpc) is 2.77. The van der Waals surface area contributed by atoms with Gasteiger partial charge in [-0.25, -0.2) is 13.2 Å². The SMILES string of the molecule is CCCC[P+](CCCC)(CCCC)CCCC.COC(=O)c1ccccc1S(=O)(=O)[O-]. The summed E-state index contributed by atoms with van der Waals surface area (Å²) in [6.45, 7) is 9.42. The number of hydrogen-bond donors (Lipinski definition) is 0. The number of esters is 1. The molecule has 0 bridgehead atoms. The molecule has 0 aliphatic heterocycles. The number of methoxy groups -OCH3 is 1. The minimum absolute atomic E-state index is 0.245. The maximum atomic E-state index is 11.1. The summed E-state index contributed by atoms with van der Waals surface area (Å²) in [7, 11) is -4.09. The molecular weight excluding hydrogens is 431 g/mol. The molecule has 0 aromatic heterocycles. The van der Waals surface area contributed by atoms with Gasteiger partial charge < -0.3 is 9.29 Å². The molecule has 0 spiro atoms. The predicted molar refractivity (Wildman–Crippen MR) is 132 cm³/mol. The van der Waals surface area contributed by atoms with Crippen molar-refractivity contribution < 1.29 is 22.5 Å². The maximum absolute atomic E-state index is 11.1. The van der Waals surface area contributed by atoms with Crippen LogP contribution in [0.3, 0.4) is 0 Å². The monoisotopic (exact) mass is 474 g/mol. The van der Waals surface area contributed by atoms with Gasteiger partial charge in [-0.05, 0) is 37.8 Å². The number of rotatable bonds is 14. The molecule has 31 heavy (non-hydrogen) atoms. The summed E-state index contributed by atoms with van der Waals surface area (Å²) in [6.07, 6.45) is 17.9. The van der Waals surface area contributed by atoms with Crippen molar-refractivity contribution in [1.82, 2.24) is 0 Å². The highest BCUT2D eigenvalue weighted by Gasteiger charge is 2.34. The van der Waals surface area contributed by atoms with Gasteiger partial charge in [-0.3, -0.25) is 0 Å². The number of carbonyl (C=O) groups excluding carboxylic acids is 1. The third-order valence-corrected chi connectivity index (χ3v) is 11.5. The van der Waals surface area contributed by atoms with E-state index >= 15 is 0 Å². The van der Waals surface area contributed by atoms with E-state index in [9.17, 15) is 17.8 Å². The average molecular weight is 475 g/mol. The zero-order chi connectivity index (χ0) is 23.8. The first kappa shape index (κ1) is 30.0. The van der Waals surface area contributed by atoms with E-state index in [1.54, 1.807) is 24.6 Å². The fourth-order valence-corrected chi connectivity index (χ4v) is 9.56. The molecule has 5 nitrogen and oxygen atoms in total. The van der Waals surface area contributed by atoms with Crippen LogP contribution in [0.5, 0.6) is 0 Å². The van der Waals surface area contributed by atoms with Crippen LogP contribution in [-0.4, -0.2) is 50.7 Å². The van der Waals surface area contributed by atoms with Crippen LogP contribution in [0.2, 0.25) is 0 Å². The maximum Gasteiger partial charge on any atom is 0.339 e. The molecule has 1 aromatic rings. The fourth-order valence-electron chi connectivity index (χ4n) is 3.61. The number of ether oxygens (including phenoxy) is 1. The molecule has 0 aliphatic rings. The summed E-state index contributed by atoms with van der Waals surface area (Å²) in [5.74, 6) is -0.847. The minimum atomic E-state index is -4.64. The van der Waals surface area contributed by atoms with Gasteiger partial charge in [-0.1, -0.05) is 65.5 Å². The molecule has 1 aromatic carbocycles. The predicted octanol–water partition coefficient (Wildman–Crippen LogP) is 6.58. The highest BCUT2D eigenvalue weighted by molar-refractivity contribution is 7.85. The van der Waals surface area contributed by atoms with Gasteiger partial charge in [-0.2, -0.15) is 0 Å². The third-order valence-electron chi connectivity index (χ3n) is 5.51. The molecule has 0 fully saturated rings. The van der Waals surface area contributed by atoms with Crippen LogP contribution in [0.1, 0.15) is 89.4 Å². The summed E-state index contributed by atoms with van der Waals surface area (Å²) in [5, 5.41) is 0. The van der Waals surface area contributed by atoms with Crippen molar-refractivity contribution in [3.63, 3.8) is 0 Å². The molecule has 0 unspecified atom stereocenters. The normalized spacial score (nSPS) is 11.5. The highest BCUT2D eigenvalue weighted by atomic mass is 32.2. The number of unbranched alkanes of at least 4 members (excludes halogenated alkanes) is 4. The van der Waals surface area contributed by atoms with Gasteiger partial charge in [0.2, 0.25) is 0 Å². The van der Waals surface area contributed by atoms with E-state index in [1.165, 1.54) is 69.6 Å². The number of benzene rings is 1. The van der Waals surface area contributed by atoms with Crippen molar-refractivity contribution >= 4 is 23.3 Å². The second-order valence-electron chi connectivity index (χ2n) is 8.09. The standard InChI is InChI=1S/C16H36P.C8H8O5S/c1-5-9-13-17(14-10-6-2,15-11-7-3)16-12-8-4;1-13-8(9)6-4-2-3-5-7(6)14(10,11)12/h5-16H2,1-4H3;2-5H,1H3,(H,10,11,12)/q+1;/p-1. The summed E-state index contributed by atoms with van der Waals surface area (Å²) in [6, 6.07) is 5.09. The molecule has 180 valence electrons. The molecule has 0 aliphatic carbocycles. The van der Waals surface area contributed by atoms with E-state index < -0.39 is 28.2 Å². The molecule has 0 amide bonds. The molecule has 1 rings (SSSR count). The number of hydrogen-bond acceptors (Lipinski definition) is 5. The van der Waals surface area contributed by atoms with Crippen LogP contribution in [0.15, 0.2) is 29.2 Å². The lowest BCUT2D eigenvalue weighted by Crippen LogP contribution is -2.12. The van der Waals surface area contributed by atoms with E-state index in [4.69, 9.17) is 0 Å². The highest BCUT2D eigenvalue weighted by Crippen LogP contribution is 2.61. The lowest BCUT2D eigenvalue weighted by atomic mass is 10.2. The number of carbonyl (C=O) groups is 1. The Labute approximate surface area is 191 Å². The summed E-state index contributed by atoms with van der Waals surface area (Å²) >= 11 is 0. The van der Waals surface area contributed by atoms with Crippen molar-refractivity contribution in [3.8, 4) is 0 Å². The van der Waals surface area contributed by atoms with Crippen LogP contribution in [-0.2, 0) is 14.9 Å². The Hall–Kier alpha value is -0.970. The van der Waals surface area contributed by atoms with Gasteiger partial charge in [0.05, 0.1) is 42.2 Å². The van der Waals surface area contributed by atoms with Crippen molar-refractivity contribution in [2.24, 2.45) is 0 Å². The van der Waals surface area contributed by atoms with E-state index in [0.29, 0.717) is 0 Å². The van der Waals surface area contributed by atoms with E-state index in [2.05, 4.69) is 32.4 Å². The Morgan fingerprint density at radius 2 is 1.23 bits per heavy atom. The van der Waals surface area contributed by atoms with Gasteiger partial charge in [0.1, 0.15) is 10.1 Å². The lowest BCUT2D eigenvalue weighted by Gasteiger charge is -2.28. The molecule has 0 heterocycles. The molecule has 0 saturated heterocycles.